The Balaban J connectivity index is 2.28. The topological polar surface area (TPSA) is 29.4 Å². The van der Waals surface area contributed by atoms with Crippen molar-refractivity contribution in [2.24, 2.45) is 10.4 Å². The number of para-hydroxylation sites is 1. The molecule has 1 aliphatic rings. The lowest BCUT2D eigenvalue weighted by Gasteiger charge is -2.29. The molecule has 3 heteroatoms. The van der Waals surface area contributed by atoms with Gasteiger partial charge in [-0.2, -0.15) is 0 Å². The van der Waals surface area contributed by atoms with E-state index in [2.05, 4.69) is 4.99 Å². The maximum Gasteiger partial charge on any atom is 0.148 e. The third-order valence-electron chi connectivity index (χ3n) is 2.89. The number of benzene rings is 1. The Morgan fingerprint density at radius 3 is 2.59 bits per heavy atom. The van der Waals surface area contributed by atoms with Gasteiger partial charge in [-0.3, -0.25) is 9.79 Å². The van der Waals surface area contributed by atoms with Crippen LogP contribution in [0.3, 0.4) is 0 Å². The van der Waals surface area contributed by atoms with Crippen LogP contribution in [0.2, 0.25) is 0 Å². The molecule has 1 aromatic carbocycles. The van der Waals surface area contributed by atoms with Gasteiger partial charge in [0.1, 0.15) is 11.6 Å². The minimum atomic E-state index is -0.337. The van der Waals surface area contributed by atoms with Crippen molar-refractivity contribution >= 4 is 17.2 Å². The lowest BCUT2D eigenvalue weighted by molar-refractivity contribution is -0.120. The first-order chi connectivity index (χ1) is 7.96. The highest BCUT2D eigenvalue weighted by atomic mass is 19.1. The van der Waals surface area contributed by atoms with Crippen molar-refractivity contribution < 1.29 is 9.18 Å². The molecule has 2 rings (SSSR count). The zero-order chi connectivity index (χ0) is 12.5. The molecule has 1 aliphatic carbocycles. The summed E-state index contributed by atoms with van der Waals surface area (Å²) < 4.78 is 13.4. The quantitative estimate of drug-likeness (QED) is 0.727. The number of carbonyl (C=O) groups is 1. The molecule has 0 heterocycles. The molecule has 1 saturated carbocycles. The average Bonchev–Trinajstić information content (AvgIpc) is 2.18. The fraction of sp³-hybridized carbons (Fsp3) is 0.429. The molecule has 0 radical (unpaired) electrons. The molecule has 17 heavy (non-hydrogen) atoms. The Labute approximate surface area is 101 Å². The van der Waals surface area contributed by atoms with Crippen LogP contribution in [0.1, 0.15) is 33.1 Å². The van der Waals surface area contributed by atoms with Gasteiger partial charge < -0.3 is 0 Å². The molecule has 0 saturated heterocycles. The van der Waals surface area contributed by atoms with Gasteiger partial charge in [0.2, 0.25) is 0 Å². The zero-order valence-corrected chi connectivity index (χ0v) is 10.2. The van der Waals surface area contributed by atoms with Gasteiger partial charge >= 0.3 is 0 Å². The van der Waals surface area contributed by atoms with Crippen LogP contribution in [-0.4, -0.2) is 11.5 Å². The summed E-state index contributed by atoms with van der Waals surface area (Å²) in [6, 6.07) is 6.40. The highest BCUT2D eigenvalue weighted by Crippen LogP contribution is 2.33. The fourth-order valence-corrected chi connectivity index (χ4v) is 2.29. The second-order valence-corrected chi connectivity index (χ2v) is 5.36. The number of hydrogen-bond donors (Lipinski definition) is 0. The van der Waals surface area contributed by atoms with Crippen LogP contribution >= 0.6 is 0 Å². The van der Waals surface area contributed by atoms with E-state index in [1.54, 1.807) is 18.2 Å². The predicted molar refractivity (Wildman–Crippen MR) is 66.1 cm³/mol. The van der Waals surface area contributed by atoms with Gasteiger partial charge in [0.05, 0.1) is 5.69 Å². The Bertz CT molecular complexity index is 477. The van der Waals surface area contributed by atoms with Crippen molar-refractivity contribution in [2.45, 2.75) is 33.1 Å². The summed E-state index contributed by atoms with van der Waals surface area (Å²) in [4.78, 5) is 15.9. The molecule has 0 atom stereocenters. The maximum absolute atomic E-state index is 13.4. The van der Waals surface area contributed by atoms with E-state index < -0.39 is 0 Å². The highest BCUT2D eigenvalue weighted by Gasteiger charge is 2.30. The van der Waals surface area contributed by atoms with E-state index in [-0.39, 0.29) is 17.0 Å². The number of halogens is 1. The second kappa shape index (κ2) is 4.40. The third kappa shape index (κ3) is 2.99. The van der Waals surface area contributed by atoms with Crippen molar-refractivity contribution in [1.82, 2.24) is 0 Å². The van der Waals surface area contributed by atoms with E-state index in [4.69, 9.17) is 0 Å². The van der Waals surface area contributed by atoms with E-state index in [1.165, 1.54) is 6.07 Å². The van der Waals surface area contributed by atoms with Crippen LogP contribution in [0.25, 0.3) is 0 Å². The standard InChI is InChI=1S/C14H16FNO/c1-14(2)8-10(7-11(17)9-14)16-13-6-4-3-5-12(13)15/h3-6H,7-9H2,1-2H3. The van der Waals surface area contributed by atoms with Crippen LogP contribution in [0.15, 0.2) is 29.3 Å². The minimum absolute atomic E-state index is 0.0561. The summed E-state index contributed by atoms with van der Waals surface area (Å²) in [7, 11) is 0. The molecule has 2 nitrogen and oxygen atoms in total. The molecule has 90 valence electrons. The molecule has 1 aromatic rings. The van der Waals surface area contributed by atoms with Gasteiger partial charge in [-0.25, -0.2) is 4.39 Å². The van der Waals surface area contributed by atoms with Crippen molar-refractivity contribution in [3.63, 3.8) is 0 Å². The van der Waals surface area contributed by atoms with Crippen LogP contribution in [0, 0.1) is 11.2 Å². The van der Waals surface area contributed by atoms with E-state index in [0.29, 0.717) is 18.5 Å². The number of ketones is 1. The lowest BCUT2D eigenvalue weighted by Crippen LogP contribution is -2.28. The van der Waals surface area contributed by atoms with Gasteiger partial charge in [-0.05, 0) is 24.0 Å². The second-order valence-electron chi connectivity index (χ2n) is 5.36. The Hall–Kier alpha value is -1.51. The number of carbonyl (C=O) groups excluding carboxylic acids is 1. The van der Waals surface area contributed by atoms with E-state index in [1.807, 2.05) is 13.8 Å². The van der Waals surface area contributed by atoms with Crippen LogP contribution in [0.4, 0.5) is 10.1 Å². The summed E-state index contributed by atoms with van der Waals surface area (Å²) in [6.07, 6.45) is 1.70. The molecule has 0 aromatic heterocycles. The fourth-order valence-electron chi connectivity index (χ4n) is 2.29. The predicted octanol–water partition coefficient (Wildman–Crippen LogP) is 3.68. The normalized spacial score (nSPS) is 21.8. The van der Waals surface area contributed by atoms with E-state index in [0.717, 1.165) is 12.1 Å². The van der Waals surface area contributed by atoms with Gasteiger partial charge in [-0.15, -0.1) is 0 Å². The molecule has 0 bridgehead atoms. The number of rotatable bonds is 1. The molecule has 0 amide bonds. The molecule has 0 aliphatic heterocycles. The van der Waals surface area contributed by atoms with Gasteiger partial charge in [-0.1, -0.05) is 26.0 Å². The Morgan fingerprint density at radius 2 is 1.94 bits per heavy atom. The summed E-state index contributed by atoms with van der Waals surface area (Å²) in [6.45, 7) is 4.09. The van der Waals surface area contributed by atoms with Crippen LogP contribution in [-0.2, 0) is 4.79 Å². The third-order valence-corrected chi connectivity index (χ3v) is 2.89. The van der Waals surface area contributed by atoms with Gasteiger partial charge in [0.15, 0.2) is 0 Å². The van der Waals surface area contributed by atoms with Crippen molar-refractivity contribution in [1.29, 1.82) is 0 Å². The molecular weight excluding hydrogens is 217 g/mol. The van der Waals surface area contributed by atoms with E-state index in [9.17, 15) is 9.18 Å². The zero-order valence-electron chi connectivity index (χ0n) is 10.2. The monoisotopic (exact) mass is 233 g/mol. The average molecular weight is 233 g/mol. The van der Waals surface area contributed by atoms with Gasteiger partial charge in [0, 0.05) is 18.6 Å². The van der Waals surface area contributed by atoms with E-state index >= 15 is 0 Å². The first-order valence-corrected chi connectivity index (χ1v) is 5.79. The van der Waals surface area contributed by atoms with Crippen molar-refractivity contribution in [3.05, 3.63) is 30.1 Å². The maximum atomic E-state index is 13.4. The minimum Gasteiger partial charge on any atom is -0.299 e. The smallest absolute Gasteiger partial charge is 0.148 e. The highest BCUT2D eigenvalue weighted by molar-refractivity contribution is 6.05. The SMILES string of the molecule is CC1(C)CC(=O)CC(=Nc2ccccc2F)C1. The molecular formula is C14H16FNO. The number of aliphatic imine (C=N–C) groups is 1. The molecule has 1 fully saturated rings. The summed E-state index contributed by atoms with van der Waals surface area (Å²) in [5.74, 6) is -0.146. The first kappa shape index (κ1) is 12.0. The summed E-state index contributed by atoms with van der Waals surface area (Å²) >= 11 is 0. The summed E-state index contributed by atoms with van der Waals surface area (Å²) in [5.41, 5.74) is 1.06. The molecule has 0 N–H and O–H groups in total. The Morgan fingerprint density at radius 1 is 1.24 bits per heavy atom. The first-order valence-electron chi connectivity index (χ1n) is 5.79. The number of nitrogens with zero attached hydrogens (tertiary/aromatic N) is 1. The van der Waals surface area contributed by atoms with Crippen molar-refractivity contribution in [3.8, 4) is 0 Å². The Kier molecular flexibility index (Phi) is 3.09. The largest absolute Gasteiger partial charge is 0.299 e. The lowest BCUT2D eigenvalue weighted by atomic mass is 9.76. The number of hydrogen-bond acceptors (Lipinski definition) is 2. The number of Topliss-reactive ketones (excluding diaryl/α,β-unsaturated/α-hetero) is 1. The van der Waals surface area contributed by atoms with Crippen molar-refractivity contribution in [2.75, 3.05) is 0 Å². The van der Waals surface area contributed by atoms with Gasteiger partial charge in [0.25, 0.3) is 0 Å². The molecule has 0 spiro atoms. The summed E-state index contributed by atoms with van der Waals surface area (Å²) in [5, 5.41) is 0. The molecule has 0 unspecified atom stereocenters. The van der Waals surface area contributed by atoms with Crippen LogP contribution in [0.5, 0.6) is 0 Å². The van der Waals surface area contributed by atoms with Crippen LogP contribution < -0.4 is 0 Å².